The van der Waals surface area contributed by atoms with Gasteiger partial charge in [0.25, 0.3) is 0 Å². The molecule has 0 saturated carbocycles. The fourth-order valence-corrected chi connectivity index (χ4v) is 4.38. The number of carbonyl (C=O) groups is 1. The fraction of sp³-hybridized carbons (Fsp3) is 0.0588. The van der Waals surface area contributed by atoms with Gasteiger partial charge in [0.05, 0.1) is 22.8 Å². The maximum Gasteiger partial charge on any atom is 0.230 e. The molecule has 0 unspecified atom stereocenters. The van der Waals surface area contributed by atoms with Crippen molar-refractivity contribution in [2.75, 3.05) is 5.32 Å². The topological polar surface area (TPSA) is 42.0 Å². The Morgan fingerprint density at radius 2 is 2.00 bits per heavy atom. The van der Waals surface area contributed by atoms with Gasteiger partial charge in [0.2, 0.25) is 5.91 Å². The average Bonchev–Trinajstić information content (AvgIpc) is 2.99. The summed E-state index contributed by atoms with van der Waals surface area (Å²) < 4.78 is 1.76. The molecule has 122 valence electrons. The summed E-state index contributed by atoms with van der Waals surface area (Å²) in [7, 11) is 0. The Morgan fingerprint density at radius 3 is 2.75 bits per heavy atom. The first-order chi connectivity index (χ1) is 11.5. The molecule has 0 aliphatic carbocycles. The molecule has 1 N–H and O–H groups in total. The number of amides is 1. The molecule has 7 heteroatoms. The third-order valence-corrected chi connectivity index (χ3v) is 5.61. The summed E-state index contributed by atoms with van der Waals surface area (Å²) in [6, 6.07) is 13.1. The number of hydrogen-bond acceptors (Lipinski definition) is 3. The third kappa shape index (κ3) is 4.25. The summed E-state index contributed by atoms with van der Waals surface area (Å²) in [6.45, 7) is 0. The Balaban J connectivity index is 1.70. The minimum absolute atomic E-state index is 0.117. The van der Waals surface area contributed by atoms with Crippen LogP contribution in [0.25, 0.3) is 10.6 Å². The van der Waals surface area contributed by atoms with E-state index in [0.29, 0.717) is 5.02 Å². The van der Waals surface area contributed by atoms with E-state index in [1.807, 2.05) is 47.8 Å². The van der Waals surface area contributed by atoms with Crippen LogP contribution in [0.5, 0.6) is 0 Å². The molecular formula is C17H11Br2ClN2OS. The summed E-state index contributed by atoms with van der Waals surface area (Å²) in [6.07, 6.45) is 0.212. The van der Waals surface area contributed by atoms with E-state index in [9.17, 15) is 4.79 Å². The van der Waals surface area contributed by atoms with E-state index >= 15 is 0 Å². The molecule has 0 aliphatic heterocycles. The molecule has 1 heterocycles. The maximum atomic E-state index is 12.2. The quantitative estimate of drug-likeness (QED) is 0.479. The number of rotatable bonds is 4. The van der Waals surface area contributed by atoms with E-state index < -0.39 is 0 Å². The molecule has 0 spiro atoms. The van der Waals surface area contributed by atoms with Crippen LogP contribution in [0.2, 0.25) is 5.02 Å². The van der Waals surface area contributed by atoms with Crippen molar-refractivity contribution in [3.05, 3.63) is 67.5 Å². The van der Waals surface area contributed by atoms with Gasteiger partial charge in [-0.25, -0.2) is 4.98 Å². The van der Waals surface area contributed by atoms with Gasteiger partial charge in [-0.2, -0.15) is 0 Å². The first-order valence-corrected chi connectivity index (χ1v) is 9.81. The number of carbonyl (C=O) groups excluding carboxylic acids is 1. The van der Waals surface area contributed by atoms with Crippen LogP contribution in [0.4, 0.5) is 5.69 Å². The number of thiazole rings is 1. The standard InChI is InChI=1S/C17H11Br2ClN2OS/c18-10-5-6-15(13(19)7-10)22-16(23)8-11-9-24-17(21-11)12-3-1-2-4-14(12)20/h1-7,9H,8H2,(H,22,23). The van der Waals surface area contributed by atoms with Gasteiger partial charge in [-0.1, -0.05) is 45.7 Å². The van der Waals surface area contributed by atoms with Gasteiger partial charge in [-0.05, 0) is 40.2 Å². The minimum Gasteiger partial charge on any atom is -0.325 e. The van der Waals surface area contributed by atoms with E-state index in [-0.39, 0.29) is 12.3 Å². The van der Waals surface area contributed by atoms with Gasteiger partial charge < -0.3 is 5.32 Å². The first kappa shape index (κ1) is 17.6. The van der Waals surface area contributed by atoms with Crippen LogP contribution < -0.4 is 5.32 Å². The van der Waals surface area contributed by atoms with Gasteiger partial charge in [0.1, 0.15) is 5.01 Å². The number of halogens is 3. The van der Waals surface area contributed by atoms with Crippen molar-refractivity contribution in [2.45, 2.75) is 6.42 Å². The lowest BCUT2D eigenvalue weighted by Crippen LogP contribution is -2.14. The van der Waals surface area contributed by atoms with Crippen molar-refractivity contribution in [3.63, 3.8) is 0 Å². The SMILES string of the molecule is O=C(Cc1csc(-c2ccccc2Cl)n1)Nc1ccc(Br)cc1Br. The van der Waals surface area contributed by atoms with Gasteiger partial charge in [0.15, 0.2) is 0 Å². The van der Waals surface area contributed by atoms with Crippen molar-refractivity contribution >= 4 is 66.4 Å². The normalized spacial score (nSPS) is 10.6. The smallest absolute Gasteiger partial charge is 0.230 e. The fourth-order valence-electron chi connectivity index (χ4n) is 2.10. The monoisotopic (exact) mass is 484 g/mol. The zero-order chi connectivity index (χ0) is 17.1. The minimum atomic E-state index is -0.117. The van der Waals surface area contributed by atoms with Crippen LogP contribution in [0.3, 0.4) is 0 Å². The number of nitrogens with zero attached hydrogens (tertiary/aromatic N) is 1. The van der Waals surface area contributed by atoms with E-state index in [1.54, 1.807) is 0 Å². The van der Waals surface area contributed by atoms with Crippen molar-refractivity contribution in [3.8, 4) is 10.6 Å². The summed E-state index contributed by atoms with van der Waals surface area (Å²) in [5, 5.41) is 6.23. The summed E-state index contributed by atoms with van der Waals surface area (Å²) in [5.41, 5.74) is 2.33. The average molecular weight is 487 g/mol. The lowest BCUT2D eigenvalue weighted by Gasteiger charge is -2.07. The zero-order valence-electron chi connectivity index (χ0n) is 12.2. The first-order valence-electron chi connectivity index (χ1n) is 6.97. The summed E-state index contributed by atoms with van der Waals surface area (Å²) in [4.78, 5) is 16.7. The Morgan fingerprint density at radius 1 is 1.21 bits per heavy atom. The van der Waals surface area contributed by atoms with Crippen LogP contribution in [0, 0.1) is 0 Å². The predicted molar refractivity (Wildman–Crippen MR) is 107 cm³/mol. The molecule has 0 atom stereocenters. The molecule has 1 amide bonds. The Labute approximate surface area is 165 Å². The summed E-state index contributed by atoms with van der Waals surface area (Å²) >= 11 is 14.5. The Bertz CT molecular complexity index is 898. The highest BCUT2D eigenvalue weighted by Crippen LogP contribution is 2.30. The molecule has 3 nitrogen and oxygen atoms in total. The lowest BCUT2D eigenvalue weighted by molar-refractivity contribution is -0.115. The van der Waals surface area contributed by atoms with E-state index in [2.05, 4.69) is 42.2 Å². The van der Waals surface area contributed by atoms with Gasteiger partial charge in [-0.3, -0.25) is 4.79 Å². The third-order valence-electron chi connectivity index (χ3n) is 3.20. The van der Waals surface area contributed by atoms with Crippen molar-refractivity contribution in [1.29, 1.82) is 0 Å². The zero-order valence-corrected chi connectivity index (χ0v) is 17.0. The molecule has 0 radical (unpaired) electrons. The number of anilines is 1. The van der Waals surface area contributed by atoms with Gasteiger partial charge in [-0.15, -0.1) is 11.3 Å². The largest absolute Gasteiger partial charge is 0.325 e. The second kappa shape index (κ2) is 7.78. The van der Waals surface area contributed by atoms with Crippen LogP contribution in [0.1, 0.15) is 5.69 Å². The molecule has 24 heavy (non-hydrogen) atoms. The van der Waals surface area contributed by atoms with Crippen LogP contribution in [-0.4, -0.2) is 10.9 Å². The summed E-state index contributed by atoms with van der Waals surface area (Å²) in [5.74, 6) is -0.117. The second-order valence-electron chi connectivity index (χ2n) is 4.97. The second-order valence-corrected chi connectivity index (χ2v) is 8.01. The van der Waals surface area contributed by atoms with Gasteiger partial charge in [0, 0.05) is 19.9 Å². The molecule has 3 aromatic rings. The molecule has 0 bridgehead atoms. The van der Waals surface area contributed by atoms with Crippen molar-refractivity contribution in [2.24, 2.45) is 0 Å². The van der Waals surface area contributed by atoms with Crippen LogP contribution >= 0.6 is 54.8 Å². The highest BCUT2D eigenvalue weighted by atomic mass is 79.9. The predicted octanol–water partition coefficient (Wildman–Crippen LogP) is 6.17. The lowest BCUT2D eigenvalue weighted by atomic mass is 10.2. The van der Waals surface area contributed by atoms with E-state index in [0.717, 1.165) is 30.9 Å². The van der Waals surface area contributed by atoms with Crippen LogP contribution in [-0.2, 0) is 11.2 Å². The van der Waals surface area contributed by atoms with Crippen molar-refractivity contribution < 1.29 is 4.79 Å². The Hall–Kier alpha value is -1.21. The molecule has 3 rings (SSSR count). The molecule has 0 aliphatic rings. The molecular weight excluding hydrogens is 476 g/mol. The Kier molecular flexibility index (Phi) is 5.71. The molecule has 0 saturated heterocycles. The van der Waals surface area contributed by atoms with Gasteiger partial charge >= 0.3 is 0 Å². The number of hydrogen-bond donors (Lipinski definition) is 1. The maximum absolute atomic E-state index is 12.2. The highest BCUT2D eigenvalue weighted by Gasteiger charge is 2.12. The molecule has 2 aromatic carbocycles. The van der Waals surface area contributed by atoms with Crippen molar-refractivity contribution in [1.82, 2.24) is 4.98 Å². The molecule has 0 fully saturated rings. The highest BCUT2D eigenvalue weighted by molar-refractivity contribution is 9.11. The van der Waals surface area contributed by atoms with Crippen LogP contribution in [0.15, 0.2) is 56.8 Å². The number of nitrogens with one attached hydrogen (secondary N) is 1. The van der Waals surface area contributed by atoms with E-state index in [4.69, 9.17) is 11.6 Å². The molecule has 1 aromatic heterocycles. The van der Waals surface area contributed by atoms with E-state index in [1.165, 1.54) is 11.3 Å². The number of benzene rings is 2. The number of aromatic nitrogens is 1.